The first kappa shape index (κ1) is 13.4. The highest BCUT2D eigenvalue weighted by molar-refractivity contribution is 7.71. The zero-order valence-electron chi connectivity index (χ0n) is 10.6. The molecule has 0 saturated carbocycles. The molecule has 1 unspecified atom stereocenters. The summed E-state index contributed by atoms with van der Waals surface area (Å²) in [6.07, 6.45) is 0. The number of carbonyl (C=O) groups is 1. The Morgan fingerprint density at radius 3 is 2.37 bits per heavy atom. The van der Waals surface area contributed by atoms with Crippen LogP contribution in [0, 0.1) is 0 Å². The highest BCUT2D eigenvalue weighted by atomic mass is 31.1. The number of para-hydroxylation sites is 1. The van der Waals surface area contributed by atoms with E-state index in [1.54, 1.807) is 48.5 Å². The molecular formula is C15H14O3P. The smallest absolute Gasteiger partial charge is 0.246 e. The van der Waals surface area contributed by atoms with E-state index < -0.39 is 7.80 Å². The summed E-state index contributed by atoms with van der Waals surface area (Å²) >= 11 is 0. The van der Waals surface area contributed by atoms with E-state index in [2.05, 4.69) is 0 Å². The molecule has 1 atom stereocenters. The SMILES string of the molecule is CCOc1ccccc1[P](=O)C(=O)c1ccccc1. The van der Waals surface area contributed by atoms with Gasteiger partial charge < -0.3 is 4.74 Å². The van der Waals surface area contributed by atoms with Crippen LogP contribution in [0.2, 0.25) is 0 Å². The number of hydrogen-bond donors (Lipinski definition) is 0. The largest absolute Gasteiger partial charge is 0.493 e. The molecule has 0 spiro atoms. The van der Waals surface area contributed by atoms with E-state index in [1.807, 2.05) is 13.0 Å². The molecule has 0 aliphatic heterocycles. The molecule has 0 N–H and O–H groups in total. The Balaban J connectivity index is 2.32. The Morgan fingerprint density at radius 2 is 1.68 bits per heavy atom. The highest BCUT2D eigenvalue weighted by Crippen LogP contribution is 2.30. The minimum Gasteiger partial charge on any atom is -0.493 e. The predicted octanol–water partition coefficient (Wildman–Crippen LogP) is 3.38. The molecular weight excluding hydrogens is 259 g/mol. The maximum absolute atomic E-state index is 12.4. The van der Waals surface area contributed by atoms with E-state index in [0.29, 0.717) is 23.2 Å². The van der Waals surface area contributed by atoms with E-state index in [0.717, 1.165) is 0 Å². The highest BCUT2D eigenvalue weighted by Gasteiger charge is 2.20. The molecule has 3 nitrogen and oxygen atoms in total. The standard InChI is InChI=1S/C15H14O3P/c1-2-18-13-10-6-7-11-14(13)19(17)15(16)12-8-4-3-5-9-12/h3-11H,2H2,1H3. The summed E-state index contributed by atoms with van der Waals surface area (Å²) < 4.78 is 17.8. The normalized spacial score (nSPS) is 10.9. The summed E-state index contributed by atoms with van der Waals surface area (Å²) in [5.74, 6) is 0.510. The Bertz CT molecular complexity index is 593. The zero-order valence-corrected chi connectivity index (χ0v) is 11.5. The van der Waals surface area contributed by atoms with Gasteiger partial charge in [0.2, 0.25) is 5.52 Å². The molecule has 0 heterocycles. The lowest BCUT2D eigenvalue weighted by atomic mass is 10.2. The minimum absolute atomic E-state index is 0.372. The van der Waals surface area contributed by atoms with Gasteiger partial charge in [-0.2, -0.15) is 0 Å². The summed E-state index contributed by atoms with van der Waals surface area (Å²) in [6, 6.07) is 15.6. The molecule has 2 aromatic carbocycles. The Kier molecular flexibility index (Phi) is 4.43. The molecule has 19 heavy (non-hydrogen) atoms. The fraction of sp³-hybridized carbons (Fsp3) is 0.133. The summed E-state index contributed by atoms with van der Waals surface area (Å²) in [5, 5.41) is 0.452. The van der Waals surface area contributed by atoms with Gasteiger partial charge in [0.05, 0.1) is 11.9 Å². The molecule has 97 valence electrons. The molecule has 1 radical (unpaired) electrons. The van der Waals surface area contributed by atoms with Crippen molar-refractivity contribution in [2.24, 2.45) is 0 Å². The van der Waals surface area contributed by atoms with Crippen LogP contribution in [-0.2, 0) is 4.57 Å². The van der Waals surface area contributed by atoms with Crippen molar-refractivity contribution in [1.29, 1.82) is 0 Å². The van der Waals surface area contributed by atoms with Crippen LogP contribution in [0.1, 0.15) is 17.3 Å². The van der Waals surface area contributed by atoms with Crippen molar-refractivity contribution in [1.82, 2.24) is 0 Å². The molecule has 0 aromatic heterocycles. The maximum atomic E-state index is 12.4. The minimum atomic E-state index is -2.16. The summed E-state index contributed by atoms with van der Waals surface area (Å²) in [5.41, 5.74) is 0.0812. The second-order valence-electron chi connectivity index (χ2n) is 3.87. The fourth-order valence-corrected chi connectivity index (χ4v) is 2.87. The van der Waals surface area contributed by atoms with Crippen LogP contribution in [0.4, 0.5) is 0 Å². The quantitative estimate of drug-likeness (QED) is 0.784. The van der Waals surface area contributed by atoms with Crippen molar-refractivity contribution in [3.05, 3.63) is 60.2 Å². The van der Waals surface area contributed by atoms with Crippen molar-refractivity contribution in [3.63, 3.8) is 0 Å². The molecule has 0 bridgehead atoms. The summed E-state index contributed by atoms with van der Waals surface area (Å²) in [4.78, 5) is 12.2. The van der Waals surface area contributed by atoms with Crippen LogP contribution in [0.15, 0.2) is 54.6 Å². The number of ether oxygens (including phenoxy) is 1. The van der Waals surface area contributed by atoms with Gasteiger partial charge in [-0.05, 0) is 19.1 Å². The van der Waals surface area contributed by atoms with Crippen molar-refractivity contribution in [2.45, 2.75) is 6.92 Å². The third-order valence-electron chi connectivity index (χ3n) is 2.59. The average molecular weight is 273 g/mol. The van der Waals surface area contributed by atoms with E-state index in [-0.39, 0.29) is 5.52 Å². The lowest BCUT2D eigenvalue weighted by Crippen LogP contribution is -2.09. The second-order valence-corrected chi connectivity index (χ2v) is 5.34. The fourth-order valence-electron chi connectivity index (χ4n) is 1.71. The van der Waals surface area contributed by atoms with Gasteiger partial charge in [0, 0.05) is 5.56 Å². The van der Waals surface area contributed by atoms with Crippen molar-refractivity contribution in [2.75, 3.05) is 6.61 Å². The topological polar surface area (TPSA) is 43.4 Å². The summed E-state index contributed by atoms with van der Waals surface area (Å²) in [7, 11) is -2.16. The molecule has 2 aromatic rings. The van der Waals surface area contributed by atoms with E-state index in [4.69, 9.17) is 4.74 Å². The number of benzene rings is 2. The summed E-state index contributed by atoms with van der Waals surface area (Å²) in [6.45, 7) is 2.32. The number of carbonyl (C=O) groups excluding carboxylic acids is 1. The first-order valence-corrected chi connectivity index (χ1v) is 7.28. The van der Waals surface area contributed by atoms with E-state index >= 15 is 0 Å². The van der Waals surface area contributed by atoms with Gasteiger partial charge in [0.1, 0.15) is 5.75 Å². The lowest BCUT2D eigenvalue weighted by Gasteiger charge is -2.08. The molecule has 0 saturated heterocycles. The van der Waals surface area contributed by atoms with E-state index in [1.165, 1.54) is 0 Å². The predicted molar refractivity (Wildman–Crippen MR) is 75.6 cm³/mol. The van der Waals surface area contributed by atoms with Gasteiger partial charge in [-0.1, -0.05) is 42.5 Å². The van der Waals surface area contributed by atoms with Crippen molar-refractivity contribution >= 4 is 18.6 Å². The third kappa shape index (κ3) is 3.07. The first-order valence-electron chi connectivity index (χ1n) is 6.02. The molecule has 0 amide bonds. The zero-order chi connectivity index (χ0) is 13.7. The van der Waals surface area contributed by atoms with Crippen LogP contribution >= 0.6 is 7.80 Å². The Hall–Kier alpha value is -1.99. The van der Waals surface area contributed by atoms with Crippen LogP contribution in [-0.4, -0.2) is 12.1 Å². The second kappa shape index (κ2) is 6.26. The Labute approximate surface area is 113 Å². The van der Waals surface area contributed by atoms with Crippen LogP contribution in [0.5, 0.6) is 5.75 Å². The Morgan fingerprint density at radius 1 is 1.05 bits per heavy atom. The lowest BCUT2D eigenvalue weighted by molar-refractivity contribution is 0.108. The maximum Gasteiger partial charge on any atom is 0.246 e. The van der Waals surface area contributed by atoms with Crippen LogP contribution in [0.3, 0.4) is 0 Å². The molecule has 0 aliphatic rings. The van der Waals surface area contributed by atoms with Gasteiger partial charge >= 0.3 is 0 Å². The van der Waals surface area contributed by atoms with Gasteiger partial charge in [-0.25, -0.2) is 0 Å². The number of rotatable bonds is 5. The molecule has 2 rings (SSSR count). The van der Waals surface area contributed by atoms with Crippen LogP contribution < -0.4 is 10.0 Å². The van der Waals surface area contributed by atoms with Crippen molar-refractivity contribution in [3.8, 4) is 5.75 Å². The first-order chi connectivity index (χ1) is 9.24. The monoisotopic (exact) mass is 273 g/mol. The third-order valence-corrected chi connectivity index (χ3v) is 4.02. The van der Waals surface area contributed by atoms with Gasteiger partial charge in [0.25, 0.3) is 0 Å². The van der Waals surface area contributed by atoms with Gasteiger partial charge in [-0.3, -0.25) is 9.36 Å². The molecule has 4 heteroatoms. The molecule has 0 aliphatic carbocycles. The molecule has 0 fully saturated rings. The van der Waals surface area contributed by atoms with Gasteiger partial charge in [-0.15, -0.1) is 0 Å². The average Bonchev–Trinajstić information content (AvgIpc) is 2.47. The van der Waals surface area contributed by atoms with Crippen LogP contribution in [0.25, 0.3) is 0 Å². The van der Waals surface area contributed by atoms with Gasteiger partial charge in [0.15, 0.2) is 7.80 Å². The number of hydrogen-bond acceptors (Lipinski definition) is 3. The van der Waals surface area contributed by atoms with Crippen molar-refractivity contribution < 1.29 is 14.1 Å². The van der Waals surface area contributed by atoms with E-state index in [9.17, 15) is 9.36 Å².